The van der Waals surface area contributed by atoms with Gasteiger partial charge in [-0.15, -0.1) is 11.3 Å². The molecule has 0 bridgehead atoms. The molecule has 3 rings (SSSR count). The van der Waals surface area contributed by atoms with Crippen LogP contribution in [0.15, 0.2) is 28.6 Å². The van der Waals surface area contributed by atoms with E-state index in [4.69, 9.17) is 10.5 Å². The Bertz CT molecular complexity index is 872. The fraction of sp³-hybridized carbons (Fsp3) is 0.0833. The van der Waals surface area contributed by atoms with E-state index in [0.717, 1.165) is 0 Å². The van der Waals surface area contributed by atoms with Crippen molar-refractivity contribution in [1.29, 1.82) is 0 Å². The number of rotatable bonds is 3. The summed E-state index contributed by atoms with van der Waals surface area (Å²) in [4.78, 5) is 37.9. The second-order valence-electron chi connectivity index (χ2n) is 4.01. The number of H-pyrrole nitrogens is 1. The monoisotopic (exact) mass is 303 g/mol. The first-order valence-electron chi connectivity index (χ1n) is 5.85. The summed E-state index contributed by atoms with van der Waals surface area (Å²) < 4.78 is 5.56. The largest absolute Gasteiger partial charge is 0.453 e. The zero-order valence-electron chi connectivity index (χ0n) is 10.6. The van der Waals surface area contributed by atoms with Crippen LogP contribution in [0.4, 0.5) is 5.82 Å². The lowest BCUT2D eigenvalue weighted by atomic mass is 10.4. The summed E-state index contributed by atoms with van der Waals surface area (Å²) in [7, 11) is 0. The Morgan fingerprint density at radius 3 is 3.00 bits per heavy atom. The number of carbonyl (C=O) groups excluding carboxylic acids is 1. The number of aromatic nitrogens is 4. The normalized spacial score (nSPS) is 10.7. The van der Waals surface area contributed by atoms with Gasteiger partial charge in [-0.05, 0) is 11.4 Å². The minimum atomic E-state index is -0.728. The first-order chi connectivity index (χ1) is 10.1. The number of ether oxygens (including phenoxy) is 1. The number of carbonyl (C=O) groups is 1. The number of anilines is 1. The van der Waals surface area contributed by atoms with Crippen LogP contribution in [0.2, 0.25) is 0 Å². The van der Waals surface area contributed by atoms with Crippen molar-refractivity contribution in [1.82, 2.24) is 19.9 Å². The van der Waals surface area contributed by atoms with E-state index in [-0.39, 0.29) is 29.5 Å². The van der Waals surface area contributed by atoms with Gasteiger partial charge in [0.1, 0.15) is 17.1 Å². The zero-order valence-corrected chi connectivity index (χ0v) is 11.4. The molecule has 0 saturated carbocycles. The number of thiophene rings is 1. The van der Waals surface area contributed by atoms with Crippen molar-refractivity contribution in [3.63, 3.8) is 0 Å². The van der Waals surface area contributed by atoms with Crippen molar-refractivity contribution in [3.05, 3.63) is 45.7 Å². The van der Waals surface area contributed by atoms with Crippen molar-refractivity contribution >= 4 is 33.3 Å². The highest BCUT2D eigenvalue weighted by Gasteiger charge is 2.14. The van der Waals surface area contributed by atoms with E-state index in [2.05, 4.69) is 19.9 Å². The summed E-state index contributed by atoms with van der Waals surface area (Å²) in [6.45, 7) is -0.185. The predicted molar refractivity (Wildman–Crippen MR) is 75.8 cm³/mol. The van der Waals surface area contributed by atoms with Gasteiger partial charge in [0.2, 0.25) is 0 Å². The van der Waals surface area contributed by atoms with Gasteiger partial charge in [0.05, 0.1) is 5.52 Å². The standard InChI is InChI=1S/C12H9N5O3S/c13-10-8(14-2-3-15-10)12(19)20-5-7-16-6-1-4-21-9(6)11(18)17-7/h1-4H,5H2,(H2,13,15)(H,16,17,18). The Hall–Kier alpha value is -2.81. The molecule has 0 amide bonds. The maximum atomic E-state index is 11.8. The first kappa shape index (κ1) is 13.2. The molecule has 0 aliphatic heterocycles. The van der Waals surface area contributed by atoms with Crippen LogP contribution < -0.4 is 11.3 Å². The molecule has 3 aromatic heterocycles. The fourth-order valence-corrected chi connectivity index (χ4v) is 2.42. The number of nitrogen functional groups attached to an aromatic ring is 1. The van der Waals surface area contributed by atoms with Crippen molar-refractivity contribution in [2.75, 3.05) is 5.73 Å². The topological polar surface area (TPSA) is 124 Å². The zero-order chi connectivity index (χ0) is 14.8. The SMILES string of the molecule is Nc1nccnc1C(=O)OCc1nc2ccsc2c(=O)[nH]1. The number of nitrogens with two attached hydrogens (primary N) is 1. The Kier molecular flexibility index (Phi) is 3.32. The second kappa shape index (κ2) is 5.29. The van der Waals surface area contributed by atoms with Gasteiger partial charge in [-0.2, -0.15) is 0 Å². The molecule has 21 heavy (non-hydrogen) atoms. The molecule has 0 aliphatic rings. The van der Waals surface area contributed by atoms with Crippen molar-refractivity contribution in [2.45, 2.75) is 6.61 Å². The molecule has 0 aromatic carbocycles. The van der Waals surface area contributed by atoms with E-state index >= 15 is 0 Å². The van der Waals surface area contributed by atoms with Gasteiger partial charge >= 0.3 is 5.97 Å². The summed E-state index contributed by atoms with van der Waals surface area (Å²) in [5, 5.41) is 1.77. The van der Waals surface area contributed by atoms with E-state index in [0.29, 0.717) is 10.2 Å². The van der Waals surface area contributed by atoms with Crippen LogP contribution in [0, 0.1) is 0 Å². The van der Waals surface area contributed by atoms with E-state index < -0.39 is 5.97 Å². The lowest BCUT2D eigenvalue weighted by Crippen LogP contribution is -2.15. The van der Waals surface area contributed by atoms with Gasteiger partial charge in [0.25, 0.3) is 5.56 Å². The van der Waals surface area contributed by atoms with Gasteiger partial charge in [-0.3, -0.25) is 4.79 Å². The first-order valence-corrected chi connectivity index (χ1v) is 6.73. The third-order valence-electron chi connectivity index (χ3n) is 2.62. The third-order valence-corrected chi connectivity index (χ3v) is 3.53. The summed E-state index contributed by atoms with van der Waals surface area (Å²) in [5.41, 5.74) is 5.76. The average Bonchev–Trinajstić information content (AvgIpc) is 2.94. The Morgan fingerprint density at radius 2 is 2.19 bits per heavy atom. The van der Waals surface area contributed by atoms with Crippen molar-refractivity contribution in [2.24, 2.45) is 0 Å². The van der Waals surface area contributed by atoms with Crippen LogP contribution in [-0.2, 0) is 11.3 Å². The summed E-state index contributed by atoms with van der Waals surface area (Å²) >= 11 is 1.30. The molecule has 0 atom stereocenters. The Labute approximate surface area is 121 Å². The molecule has 3 aromatic rings. The van der Waals surface area contributed by atoms with Crippen LogP contribution in [0.1, 0.15) is 16.3 Å². The molecular weight excluding hydrogens is 294 g/mol. The fourth-order valence-electron chi connectivity index (χ4n) is 1.70. The smallest absolute Gasteiger partial charge is 0.361 e. The molecule has 0 spiro atoms. The molecule has 0 radical (unpaired) electrons. The summed E-state index contributed by atoms with van der Waals surface area (Å²) in [5.74, 6) is -0.493. The van der Waals surface area contributed by atoms with Gasteiger partial charge in [0, 0.05) is 12.4 Å². The van der Waals surface area contributed by atoms with Crippen LogP contribution >= 0.6 is 11.3 Å². The van der Waals surface area contributed by atoms with Crippen LogP contribution in [0.3, 0.4) is 0 Å². The number of hydrogen-bond acceptors (Lipinski definition) is 8. The van der Waals surface area contributed by atoms with E-state index in [1.165, 1.54) is 23.7 Å². The number of hydrogen-bond donors (Lipinski definition) is 2. The Balaban J connectivity index is 1.79. The number of nitrogens with one attached hydrogen (secondary N) is 1. The molecular formula is C12H9N5O3S. The maximum Gasteiger partial charge on any atom is 0.361 e. The molecule has 3 N–H and O–H groups in total. The summed E-state index contributed by atoms with van der Waals surface area (Å²) in [6.07, 6.45) is 2.71. The Morgan fingerprint density at radius 1 is 1.38 bits per heavy atom. The predicted octanol–water partition coefficient (Wildman–Crippen LogP) is 0.714. The molecule has 0 aliphatic carbocycles. The molecule has 0 fully saturated rings. The number of aromatic amines is 1. The lowest BCUT2D eigenvalue weighted by Gasteiger charge is -2.05. The van der Waals surface area contributed by atoms with Crippen LogP contribution in [0.25, 0.3) is 10.2 Å². The second-order valence-corrected chi connectivity index (χ2v) is 4.93. The quantitative estimate of drug-likeness (QED) is 0.683. The van der Waals surface area contributed by atoms with Gasteiger partial charge in [-0.1, -0.05) is 0 Å². The van der Waals surface area contributed by atoms with Gasteiger partial charge < -0.3 is 15.5 Å². The highest BCUT2D eigenvalue weighted by molar-refractivity contribution is 7.17. The molecule has 106 valence electrons. The van der Waals surface area contributed by atoms with Crippen LogP contribution in [0.5, 0.6) is 0 Å². The van der Waals surface area contributed by atoms with Crippen molar-refractivity contribution in [3.8, 4) is 0 Å². The number of nitrogens with zero attached hydrogens (tertiary/aromatic N) is 3. The summed E-state index contributed by atoms with van der Waals surface area (Å²) in [6, 6.07) is 1.72. The van der Waals surface area contributed by atoms with E-state index in [1.54, 1.807) is 11.4 Å². The minimum Gasteiger partial charge on any atom is -0.453 e. The van der Waals surface area contributed by atoms with Crippen molar-refractivity contribution < 1.29 is 9.53 Å². The minimum absolute atomic E-state index is 0.0164. The highest BCUT2D eigenvalue weighted by Crippen LogP contribution is 2.14. The van der Waals surface area contributed by atoms with Gasteiger partial charge in [-0.25, -0.2) is 19.7 Å². The molecule has 0 unspecified atom stereocenters. The lowest BCUT2D eigenvalue weighted by molar-refractivity contribution is 0.0456. The molecule has 8 nitrogen and oxygen atoms in total. The van der Waals surface area contributed by atoms with Gasteiger partial charge in [0.15, 0.2) is 11.5 Å². The van der Waals surface area contributed by atoms with E-state index in [9.17, 15) is 9.59 Å². The van der Waals surface area contributed by atoms with E-state index in [1.807, 2.05) is 0 Å². The molecule has 3 heterocycles. The number of fused-ring (bicyclic) bond motifs is 1. The van der Waals surface area contributed by atoms with Crippen LogP contribution in [-0.4, -0.2) is 25.9 Å². The average molecular weight is 303 g/mol. The third kappa shape index (κ3) is 2.58. The maximum absolute atomic E-state index is 11.8. The molecule has 0 saturated heterocycles. The molecule has 9 heteroatoms. The highest BCUT2D eigenvalue weighted by atomic mass is 32.1. The number of esters is 1.